The van der Waals surface area contributed by atoms with Gasteiger partial charge in [0, 0.05) is 24.9 Å². The van der Waals surface area contributed by atoms with Crippen molar-refractivity contribution in [3.8, 4) is 0 Å². The van der Waals surface area contributed by atoms with Gasteiger partial charge in [0.1, 0.15) is 17.3 Å². The lowest BCUT2D eigenvalue weighted by molar-refractivity contribution is -0.161. The van der Waals surface area contributed by atoms with E-state index in [-0.39, 0.29) is 24.4 Å². The minimum absolute atomic E-state index is 0.147. The van der Waals surface area contributed by atoms with Gasteiger partial charge in [0.05, 0.1) is 13.5 Å². The van der Waals surface area contributed by atoms with Crippen LogP contribution in [0.3, 0.4) is 0 Å². The van der Waals surface area contributed by atoms with E-state index in [1.165, 1.54) is 7.11 Å². The van der Waals surface area contributed by atoms with Crippen molar-refractivity contribution in [2.24, 2.45) is 11.3 Å². The second-order valence-electron chi connectivity index (χ2n) is 7.64. The number of Topliss-reactive ketones (excluding diaryl/α,β-unsaturated/α-hetero) is 2. The molecule has 1 atom stereocenters. The lowest BCUT2D eigenvalue weighted by atomic mass is 9.60. The molecule has 1 aliphatic carbocycles. The van der Waals surface area contributed by atoms with Crippen LogP contribution in [0.5, 0.6) is 0 Å². The lowest BCUT2D eigenvalue weighted by Gasteiger charge is -2.46. The highest BCUT2D eigenvalue weighted by Gasteiger charge is 2.53. The second-order valence-corrected chi connectivity index (χ2v) is 7.64. The second kappa shape index (κ2) is 6.53. The highest BCUT2D eigenvalue weighted by molar-refractivity contribution is 6.11. The Morgan fingerprint density at radius 2 is 1.75 bits per heavy atom. The number of rotatable bonds is 1. The van der Waals surface area contributed by atoms with Gasteiger partial charge in [-0.15, -0.1) is 0 Å². The van der Waals surface area contributed by atoms with E-state index in [1.807, 2.05) is 0 Å². The molecule has 0 radical (unpaired) electrons. The number of nitrogens with zero attached hydrogens (tertiary/aromatic N) is 1. The number of amides is 1. The van der Waals surface area contributed by atoms with Crippen LogP contribution < -0.4 is 0 Å². The molecule has 7 nitrogen and oxygen atoms in total. The van der Waals surface area contributed by atoms with E-state index < -0.39 is 29.0 Å². The van der Waals surface area contributed by atoms with Crippen LogP contribution in [0.1, 0.15) is 46.5 Å². The Kier molecular flexibility index (Phi) is 5.01. The van der Waals surface area contributed by atoms with Crippen LogP contribution in [0.4, 0.5) is 4.79 Å². The van der Waals surface area contributed by atoms with Gasteiger partial charge in [0.15, 0.2) is 5.78 Å². The zero-order valence-electron chi connectivity index (χ0n) is 14.7. The van der Waals surface area contributed by atoms with Crippen LogP contribution >= 0.6 is 0 Å². The number of hydrogen-bond acceptors (Lipinski definition) is 6. The molecule has 134 valence electrons. The maximum absolute atomic E-state index is 12.3. The van der Waals surface area contributed by atoms with Crippen molar-refractivity contribution in [2.45, 2.75) is 52.1 Å². The van der Waals surface area contributed by atoms with Gasteiger partial charge >= 0.3 is 12.1 Å². The Morgan fingerprint density at radius 1 is 1.17 bits per heavy atom. The number of esters is 1. The van der Waals surface area contributed by atoms with Crippen molar-refractivity contribution >= 4 is 23.6 Å². The molecule has 0 aromatic rings. The summed E-state index contributed by atoms with van der Waals surface area (Å²) in [5.74, 6) is -2.02. The number of likely N-dealkylation sites (tertiary alicyclic amines) is 1. The smallest absolute Gasteiger partial charge is 0.410 e. The number of carbonyl (C=O) groups is 4. The van der Waals surface area contributed by atoms with Gasteiger partial charge in [-0.05, 0) is 33.6 Å². The monoisotopic (exact) mass is 339 g/mol. The summed E-state index contributed by atoms with van der Waals surface area (Å²) >= 11 is 0. The molecule has 7 heteroatoms. The van der Waals surface area contributed by atoms with Gasteiger partial charge in [-0.2, -0.15) is 0 Å². The maximum atomic E-state index is 12.3. The van der Waals surface area contributed by atoms with E-state index in [4.69, 9.17) is 9.47 Å². The molecule has 1 saturated carbocycles. The average Bonchev–Trinajstić information content (AvgIpc) is 2.44. The molecule has 2 fully saturated rings. The van der Waals surface area contributed by atoms with Crippen molar-refractivity contribution in [3.05, 3.63) is 0 Å². The van der Waals surface area contributed by atoms with Crippen molar-refractivity contribution < 1.29 is 28.7 Å². The van der Waals surface area contributed by atoms with Crippen LogP contribution in [0.25, 0.3) is 0 Å². The van der Waals surface area contributed by atoms with Crippen molar-refractivity contribution in [1.82, 2.24) is 4.90 Å². The number of hydrogen-bond donors (Lipinski definition) is 0. The van der Waals surface area contributed by atoms with Crippen LogP contribution in [-0.2, 0) is 23.9 Å². The third-order valence-electron chi connectivity index (χ3n) is 4.70. The Balaban J connectivity index is 2.13. The molecule has 2 rings (SSSR count). The molecule has 0 aromatic carbocycles. The number of piperidine rings is 1. The summed E-state index contributed by atoms with van der Waals surface area (Å²) in [5.41, 5.74) is -1.32. The van der Waals surface area contributed by atoms with Gasteiger partial charge in [-0.1, -0.05) is 0 Å². The summed E-state index contributed by atoms with van der Waals surface area (Å²) in [6, 6.07) is 0. The summed E-state index contributed by atoms with van der Waals surface area (Å²) in [5, 5.41) is 0. The van der Waals surface area contributed by atoms with E-state index in [0.29, 0.717) is 25.9 Å². The van der Waals surface area contributed by atoms with E-state index in [9.17, 15) is 19.2 Å². The topological polar surface area (TPSA) is 90.0 Å². The Hall–Kier alpha value is -1.92. The zero-order chi connectivity index (χ0) is 18.1. The van der Waals surface area contributed by atoms with Crippen LogP contribution in [-0.4, -0.2) is 54.3 Å². The van der Waals surface area contributed by atoms with E-state index in [1.54, 1.807) is 25.7 Å². The molecule has 1 aliphatic heterocycles. The first kappa shape index (κ1) is 18.4. The Bertz CT molecular complexity index is 554. The molecule has 1 saturated heterocycles. The molecule has 0 bridgehead atoms. The SMILES string of the molecule is COC(=O)C1C(=O)CC(=O)CC12CCN(C(=O)OC(C)(C)C)CC2. The molecule has 2 aliphatic rings. The number of ketones is 2. The number of methoxy groups -OCH3 is 1. The maximum Gasteiger partial charge on any atom is 0.410 e. The highest BCUT2D eigenvalue weighted by Crippen LogP contribution is 2.46. The lowest BCUT2D eigenvalue weighted by Crippen LogP contribution is -2.54. The fraction of sp³-hybridized carbons (Fsp3) is 0.765. The molecule has 0 aromatic heterocycles. The normalized spacial score (nSPS) is 24.0. The predicted octanol–water partition coefficient (Wildman–Crippen LogP) is 1.72. The van der Waals surface area contributed by atoms with E-state index in [0.717, 1.165) is 0 Å². The minimum Gasteiger partial charge on any atom is -0.468 e. The Labute approximate surface area is 141 Å². The van der Waals surface area contributed by atoms with Gasteiger partial charge in [0.2, 0.25) is 0 Å². The van der Waals surface area contributed by atoms with Gasteiger partial charge in [0.25, 0.3) is 0 Å². The summed E-state index contributed by atoms with van der Waals surface area (Å²) in [6.45, 7) is 6.08. The van der Waals surface area contributed by atoms with Gasteiger partial charge < -0.3 is 14.4 Å². The first-order valence-electron chi connectivity index (χ1n) is 8.18. The van der Waals surface area contributed by atoms with Crippen LogP contribution in [0, 0.1) is 11.3 Å². The Morgan fingerprint density at radius 3 is 2.25 bits per heavy atom. The minimum atomic E-state index is -0.916. The van der Waals surface area contributed by atoms with Crippen molar-refractivity contribution in [3.63, 3.8) is 0 Å². The fourth-order valence-corrected chi connectivity index (χ4v) is 3.62. The predicted molar refractivity (Wildman–Crippen MR) is 84.2 cm³/mol. The van der Waals surface area contributed by atoms with Gasteiger partial charge in [-0.3, -0.25) is 14.4 Å². The molecule has 0 N–H and O–H groups in total. The average molecular weight is 339 g/mol. The number of carbonyl (C=O) groups excluding carboxylic acids is 4. The molecule has 1 unspecified atom stereocenters. The fourth-order valence-electron chi connectivity index (χ4n) is 3.62. The van der Waals surface area contributed by atoms with Crippen molar-refractivity contribution in [2.75, 3.05) is 20.2 Å². The molecule has 1 heterocycles. The third-order valence-corrected chi connectivity index (χ3v) is 4.70. The van der Waals surface area contributed by atoms with E-state index >= 15 is 0 Å². The summed E-state index contributed by atoms with van der Waals surface area (Å²) in [7, 11) is 1.25. The largest absolute Gasteiger partial charge is 0.468 e. The van der Waals surface area contributed by atoms with Crippen LogP contribution in [0.15, 0.2) is 0 Å². The summed E-state index contributed by atoms with van der Waals surface area (Å²) in [4.78, 5) is 50.0. The summed E-state index contributed by atoms with van der Waals surface area (Å²) < 4.78 is 10.1. The first-order valence-corrected chi connectivity index (χ1v) is 8.18. The van der Waals surface area contributed by atoms with Gasteiger partial charge in [-0.25, -0.2) is 4.79 Å². The third kappa shape index (κ3) is 3.76. The molecule has 1 amide bonds. The molecule has 1 spiro atoms. The highest BCUT2D eigenvalue weighted by atomic mass is 16.6. The molecule has 24 heavy (non-hydrogen) atoms. The summed E-state index contributed by atoms with van der Waals surface area (Å²) in [6.07, 6.45) is 0.366. The van der Waals surface area contributed by atoms with Crippen LogP contribution in [0.2, 0.25) is 0 Å². The zero-order valence-corrected chi connectivity index (χ0v) is 14.7. The number of ether oxygens (including phenoxy) is 2. The standard InChI is InChI=1S/C17H25NO6/c1-16(2,3)24-15(22)18-7-5-17(6-8-18)10-11(19)9-12(20)13(17)14(21)23-4/h13H,5-10H2,1-4H3. The van der Waals surface area contributed by atoms with Crippen molar-refractivity contribution in [1.29, 1.82) is 0 Å². The molecular weight excluding hydrogens is 314 g/mol. The first-order chi connectivity index (χ1) is 11.1. The van der Waals surface area contributed by atoms with E-state index in [2.05, 4.69) is 0 Å². The quantitative estimate of drug-likeness (QED) is 0.534. The molecular formula is C17H25NO6.